The van der Waals surface area contributed by atoms with Gasteiger partial charge in [-0.3, -0.25) is 4.79 Å². The summed E-state index contributed by atoms with van der Waals surface area (Å²) in [6.07, 6.45) is 0.860. The highest BCUT2D eigenvalue weighted by Gasteiger charge is 2.04. The lowest BCUT2D eigenvalue weighted by Gasteiger charge is -2.07. The van der Waals surface area contributed by atoms with Gasteiger partial charge < -0.3 is 16.4 Å². The molecule has 0 spiro atoms. The van der Waals surface area contributed by atoms with Gasteiger partial charge in [-0.05, 0) is 25.5 Å². The van der Waals surface area contributed by atoms with Crippen molar-refractivity contribution in [2.24, 2.45) is 5.73 Å². The Morgan fingerprint density at radius 2 is 2.25 bits per heavy atom. The van der Waals surface area contributed by atoms with Gasteiger partial charge >= 0.3 is 0 Å². The molecule has 0 saturated carbocycles. The molecule has 1 aromatic rings. The Morgan fingerprint density at radius 3 is 2.75 bits per heavy atom. The molecule has 88 valence electrons. The third kappa shape index (κ3) is 3.82. The first-order valence-corrected chi connectivity index (χ1v) is 5.18. The van der Waals surface area contributed by atoms with Crippen molar-refractivity contribution in [1.82, 2.24) is 15.5 Å². The number of carbonyl (C=O) groups excluding carboxylic acids is 1. The summed E-state index contributed by atoms with van der Waals surface area (Å²) in [7, 11) is 1.55. The molecule has 6 nitrogen and oxygen atoms in total. The third-order valence-corrected chi connectivity index (χ3v) is 2.03. The van der Waals surface area contributed by atoms with Gasteiger partial charge in [0, 0.05) is 19.6 Å². The topological polar surface area (TPSA) is 92.9 Å². The van der Waals surface area contributed by atoms with Crippen molar-refractivity contribution in [1.29, 1.82) is 0 Å². The average molecular weight is 223 g/mol. The second-order valence-electron chi connectivity index (χ2n) is 3.58. The van der Waals surface area contributed by atoms with E-state index < -0.39 is 0 Å². The summed E-state index contributed by atoms with van der Waals surface area (Å²) in [6, 6.07) is 3.50. The van der Waals surface area contributed by atoms with Gasteiger partial charge in [0.2, 0.25) is 0 Å². The van der Waals surface area contributed by atoms with Crippen LogP contribution >= 0.6 is 0 Å². The van der Waals surface area contributed by atoms with Crippen LogP contribution in [-0.4, -0.2) is 35.7 Å². The summed E-state index contributed by atoms with van der Waals surface area (Å²) in [6.45, 7) is 2.69. The molecule has 0 aromatic carbocycles. The van der Waals surface area contributed by atoms with E-state index in [0.717, 1.165) is 13.0 Å². The molecule has 1 amide bonds. The second-order valence-corrected chi connectivity index (χ2v) is 3.58. The maximum absolute atomic E-state index is 11.2. The normalized spacial score (nSPS) is 11.9. The molecule has 0 fully saturated rings. The monoisotopic (exact) mass is 223 g/mol. The Hall–Kier alpha value is -1.69. The molecule has 0 aliphatic heterocycles. The second kappa shape index (κ2) is 6.02. The minimum absolute atomic E-state index is 0.158. The van der Waals surface area contributed by atoms with Crippen LogP contribution in [0.5, 0.6) is 0 Å². The number of rotatable bonds is 5. The molecule has 1 aromatic heterocycles. The maximum atomic E-state index is 11.2. The molecule has 1 unspecified atom stereocenters. The molecule has 6 heteroatoms. The molecule has 0 radical (unpaired) electrons. The predicted molar refractivity (Wildman–Crippen MR) is 62.2 cm³/mol. The zero-order valence-corrected chi connectivity index (χ0v) is 9.53. The number of hydrogen-bond acceptors (Lipinski definition) is 5. The quantitative estimate of drug-likeness (QED) is 0.652. The highest BCUT2D eigenvalue weighted by molar-refractivity contribution is 5.91. The molecule has 16 heavy (non-hydrogen) atoms. The van der Waals surface area contributed by atoms with Gasteiger partial charge in [-0.25, -0.2) is 0 Å². The van der Waals surface area contributed by atoms with Gasteiger partial charge in [0.15, 0.2) is 5.69 Å². The minimum Gasteiger partial charge on any atom is -0.369 e. The van der Waals surface area contributed by atoms with E-state index in [9.17, 15) is 4.79 Å². The van der Waals surface area contributed by atoms with E-state index in [1.165, 1.54) is 0 Å². The van der Waals surface area contributed by atoms with Crippen LogP contribution in [0.3, 0.4) is 0 Å². The number of anilines is 1. The Labute approximate surface area is 94.6 Å². The number of nitrogens with zero attached hydrogens (tertiary/aromatic N) is 2. The van der Waals surface area contributed by atoms with Crippen molar-refractivity contribution in [3.05, 3.63) is 17.8 Å². The molecule has 0 aliphatic rings. The summed E-state index contributed by atoms with van der Waals surface area (Å²) in [5, 5.41) is 13.2. The molecule has 1 atom stereocenters. The van der Waals surface area contributed by atoms with Crippen LogP contribution in [0.25, 0.3) is 0 Å². The van der Waals surface area contributed by atoms with Crippen LogP contribution < -0.4 is 16.4 Å². The molecule has 1 rings (SSSR count). The van der Waals surface area contributed by atoms with E-state index in [1.807, 2.05) is 6.92 Å². The fourth-order valence-electron chi connectivity index (χ4n) is 1.10. The van der Waals surface area contributed by atoms with Crippen molar-refractivity contribution >= 4 is 11.7 Å². The van der Waals surface area contributed by atoms with E-state index in [2.05, 4.69) is 20.8 Å². The maximum Gasteiger partial charge on any atom is 0.271 e. The number of nitrogens with two attached hydrogens (primary N) is 1. The lowest BCUT2D eigenvalue weighted by atomic mass is 10.2. The van der Waals surface area contributed by atoms with E-state index in [-0.39, 0.29) is 11.9 Å². The molecule has 0 bridgehead atoms. The number of nitrogens with one attached hydrogen (secondary N) is 2. The van der Waals surface area contributed by atoms with E-state index in [4.69, 9.17) is 5.73 Å². The largest absolute Gasteiger partial charge is 0.369 e. The van der Waals surface area contributed by atoms with Gasteiger partial charge in [-0.15, -0.1) is 10.2 Å². The molecule has 1 heterocycles. The van der Waals surface area contributed by atoms with Crippen LogP contribution in [0.15, 0.2) is 12.1 Å². The van der Waals surface area contributed by atoms with Gasteiger partial charge in [0.05, 0.1) is 0 Å². The van der Waals surface area contributed by atoms with Crippen LogP contribution in [0, 0.1) is 0 Å². The predicted octanol–water partition coefficient (Wildman–Crippen LogP) is -0.0146. The Morgan fingerprint density at radius 1 is 1.50 bits per heavy atom. The van der Waals surface area contributed by atoms with Crippen molar-refractivity contribution < 1.29 is 4.79 Å². The van der Waals surface area contributed by atoms with Gasteiger partial charge in [-0.2, -0.15) is 0 Å². The Balaban J connectivity index is 2.48. The SMILES string of the molecule is CNC(=O)c1ccc(NCCC(C)N)nn1. The fourth-order valence-corrected chi connectivity index (χ4v) is 1.10. The van der Waals surface area contributed by atoms with Gasteiger partial charge in [0.1, 0.15) is 5.82 Å². The van der Waals surface area contributed by atoms with Crippen LogP contribution in [0.2, 0.25) is 0 Å². The van der Waals surface area contributed by atoms with E-state index in [0.29, 0.717) is 11.5 Å². The molecular formula is C10H17N5O. The molecule has 0 aliphatic carbocycles. The lowest BCUT2D eigenvalue weighted by Crippen LogP contribution is -2.21. The summed E-state index contributed by atoms with van der Waals surface area (Å²) in [5.41, 5.74) is 5.92. The zero-order chi connectivity index (χ0) is 12.0. The van der Waals surface area contributed by atoms with Crippen molar-refractivity contribution in [2.45, 2.75) is 19.4 Å². The van der Waals surface area contributed by atoms with Crippen molar-refractivity contribution in [2.75, 3.05) is 18.9 Å². The smallest absolute Gasteiger partial charge is 0.271 e. The van der Waals surface area contributed by atoms with Gasteiger partial charge in [-0.1, -0.05) is 0 Å². The minimum atomic E-state index is -0.241. The third-order valence-electron chi connectivity index (χ3n) is 2.03. The number of amides is 1. The van der Waals surface area contributed by atoms with Crippen molar-refractivity contribution in [3.63, 3.8) is 0 Å². The fraction of sp³-hybridized carbons (Fsp3) is 0.500. The van der Waals surface area contributed by atoms with Crippen LogP contribution in [0.4, 0.5) is 5.82 Å². The van der Waals surface area contributed by atoms with Crippen LogP contribution in [-0.2, 0) is 0 Å². The number of carbonyl (C=O) groups is 1. The number of aromatic nitrogens is 2. The highest BCUT2D eigenvalue weighted by Crippen LogP contribution is 2.02. The highest BCUT2D eigenvalue weighted by atomic mass is 16.1. The molecular weight excluding hydrogens is 206 g/mol. The van der Waals surface area contributed by atoms with Crippen molar-refractivity contribution in [3.8, 4) is 0 Å². The zero-order valence-electron chi connectivity index (χ0n) is 9.53. The first kappa shape index (κ1) is 12.4. The summed E-state index contributed by atoms with van der Waals surface area (Å²) in [4.78, 5) is 11.2. The van der Waals surface area contributed by atoms with E-state index in [1.54, 1.807) is 19.2 Å². The first-order chi connectivity index (χ1) is 7.63. The van der Waals surface area contributed by atoms with Gasteiger partial charge in [0.25, 0.3) is 5.91 Å². The summed E-state index contributed by atoms with van der Waals surface area (Å²) >= 11 is 0. The lowest BCUT2D eigenvalue weighted by molar-refractivity contribution is 0.0957. The number of hydrogen-bond donors (Lipinski definition) is 3. The molecule has 0 saturated heterocycles. The Bertz CT molecular complexity index is 336. The average Bonchev–Trinajstić information content (AvgIpc) is 2.28. The Kier molecular flexibility index (Phi) is 4.65. The summed E-state index contributed by atoms with van der Waals surface area (Å²) in [5.74, 6) is 0.405. The van der Waals surface area contributed by atoms with E-state index >= 15 is 0 Å². The molecule has 4 N–H and O–H groups in total. The standard InChI is InChI=1S/C10H17N5O/c1-7(11)5-6-13-9-4-3-8(14-15-9)10(16)12-2/h3-4,7H,5-6,11H2,1-2H3,(H,12,16)(H,13,15). The van der Waals surface area contributed by atoms with Crippen LogP contribution in [0.1, 0.15) is 23.8 Å². The summed E-state index contributed by atoms with van der Waals surface area (Å²) < 4.78 is 0. The first-order valence-electron chi connectivity index (χ1n) is 5.18.